The molecule has 10 heteroatoms. The first-order valence-electron chi connectivity index (χ1n) is 8.96. The molecule has 1 rings (SSSR count). The molecule has 0 spiro atoms. The summed E-state index contributed by atoms with van der Waals surface area (Å²) in [6, 6.07) is 5.95. The minimum Gasteiger partial charge on any atom is -0.444 e. The van der Waals surface area contributed by atoms with Crippen molar-refractivity contribution in [3.8, 4) is 0 Å². The van der Waals surface area contributed by atoms with Crippen molar-refractivity contribution in [1.29, 1.82) is 0 Å². The fraction of sp³-hybridized carbons (Fsp3) is 0.611. The minimum atomic E-state index is -3.58. The van der Waals surface area contributed by atoms with Gasteiger partial charge < -0.3 is 24.8 Å². The third kappa shape index (κ3) is 9.88. The van der Waals surface area contributed by atoms with E-state index in [0.717, 1.165) is 0 Å². The molecule has 0 heterocycles. The Kier molecular flexibility index (Phi) is 9.66. The van der Waals surface area contributed by atoms with Crippen LogP contribution in [0, 0.1) is 0 Å². The van der Waals surface area contributed by atoms with Gasteiger partial charge in [0.25, 0.3) is 0 Å². The number of benzene rings is 1. The van der Waals surface area contributed by atoms with Gasteiger partial charge in [0.15, 0.2) is 0 Å². The molecule has 0 aliphatic rings. The van der Waals surface area contributed by atoms with Crippen molar-refractivity contribution in [1.82, 2.24) is 9.62 Å². The standard InChI is InChI=1S/C18H31N3O6S/c1-18(2,3)27-17(22)21(4)10-12-26-14-13-25-11-9-20-28(23,24)16-7-5-15(19)6-8-16/h5-8,20H,9-14,19H2,1-4H3. The number of sulfonamides is 1. The third-order valence-corrected chi connectivity index (χ3v) is 4.85. The predicted molar refractivity (Wildman–Crippen MR) is 107 cm³/mol. The highest BCUT2D eigenvalue weighted by Crippen LogP contribution is 2.11. The van der Waals surface area contributed by atoms with Crippen molar-refractivity contribution in [2.75, 3.05) is 52.3 Å². The van der Waals surface area contributed by atoms with E-state index in [9.17, 15) is 13.2 Å². The van der Waals surface area contributed by atoms with Crippen LogP contribution in [0.4, 0.5) is 10.5 Å². The van der Waals surface area contributed by atoms with E-state index in [0.29, 0.717) is 32.1 Å². The highest BCUT2D eigenvalue weighted by Gasteiger charge is 2.19. The van der Waals surface area contributed by atoms with Gasteiger partial charge in [-0.3, -0.25) is 0 Å². The summed E-state index contributed by atoms with van der Waals surface area (Å²) in [4.78, 5) is 13.4. The number of rotatable bonds is 11. The number of hydrogen-bond donors (Lipinski definition) is 2. The quantitative estimate of drug-likeness (QED) is 0.413. The van der Waals surface area contributed by atoms with Crippen LogP contribution in [-0.4, -0.2) is 71.6 Å². The van der Waals surface area contributed by atoms with Crippen LogP contribution in [0.3, 0.4) is 0 Å². The molecule has 28 heavy (non-hydrogen) atoms. The Labute approximate surface area is 167 Å². The molecule has 0 radical (unpaired) electrons. The average molecular weight is 418 g/mol. The number of nitrogens with one attached hydrogen (secondary N) is 1. The molecule has 0 aliphatic heterocycles. The van der Waals surface area contributed by atoms with Crippen molar-refractivity contribution in [3.05, 3.63) is 24.3 Å². The molecule has 3 N–H and O–H groups in total. The van der Waals surface area contributed by atoms with Crippen LogP contribution in [0.15, 0.2) is 29.2 Å². The lowest BCUT2D eigenvalue weighted by Crippen LogP contribution is -2.36. The average Bonchev–Trinajstić information content (AvgIpc) is 2.59. The van der Waals surface area contributed by atoms with Crippen molar-refractivity contribution in [2.24, 2.45) is 0 Å². The van der Waals surface area contributed by atoms with Gasteiger partial charge in [-0.15, -0.1) is 0 Å². The van der Waals surface area contributed by atoms with E-state index in [-0.39, 0.29) is 18.0 Å². The molecule has 0 saturated heterocycles. The highest BCUT2D eigenvalue weighted by molar-refractivity contribution is 7.89. The molecule has 0 bridgehead atoms. The number of anilines is 1. The zero-order valence-electron chi connectivity index (χ0n) is 16.9. The Morgan fingerprint density at radius 3 is 2.21 bits per heavy atom. The molecular weight excluding hydrogens is 386 g/mol. The highest BCUT2D eigenvalue weighted by atomic mass is 32.2. The van der Waals surface area contributed by atoms with Gasteiger partial charge in [-0.2, -0.15) is 0 Å². The van der Waals surface area contributed by atoms with E-state index in [1.54, 1.807) is 7.05 Å². The van der Waals surface area contributed by atoms with E-state index in [4.69, 9.17) is 19.9 Å². The molecule has 160 valence electrons. The molecule has 0 aliphatic carbocycles. The Hall–Kier alpha value is -1.88. The minimum absolute atomic E-state index is 0.147. The summed E-state index contributed by atoms with van der Waals surface area (Å²) in [5.41, 5.74) is 5.51. The number of likely N-dealkylation sites (N-methyl/N-ethyl adjacent to an activating group) is 1. The van der Waals surface area contributed by atoms with Crippen molar-refractivity contribution in [3.63, 3.8) is 0 Å². The van der Waals surface area contributed by atoms with E-state index in [1.165, 1.54) is 29.2 Å². The maximum Gasteiger partial charge on any atom is 0.410 e. The lowest BCUT2D eigenvalue weighted by molar-refractivity contribution is 0.0164. The molecule has 0 saturated carbocycles. The normalized spacial score (nSPS) is 12.0. The van der Waals surface area contributed by atoms with Crippen molar-refractivity contribution < 1.29 is 27.4 Å². The number of carbonyl (C=O) groups excluding carboxylic acids is 1. The molecule has 0 unspecified atom stereocenters. The Morgan fingerprint density at radius 2 is 1.64 bits per heavy atom. The summed E-state index contributed by atoms with van der Waals surface area (Å²) in [5.74, 6) is 0. The molecule has 1 aromatic carbocycles. The van der Waals surface area contributed by atoms with Gasteiger partial charge in [0.05, 0.1) is 31.3 Å². The first kappa shape index (κ1) is 24.2. The van der Waals surface area contributed by atoms with Gasteiger partial charge in [0, 0.05) is 25.8 Å². The number of nitrogen functional groups attached to an aromatic ring is 1. The maximum absolute atomic E-state index is 12.0. The molecule has 1 amide bonds. The molecule has 0 atom stereocenters. The Balaban J connectivity index is 2.09. The maximum atomic E-state index is 12.0. The fourth-order valence-electron chi connectivity index (χ4n) is 1.93. The second kappa shape index (κ2) is 11.2. The predicted octanol–water partition coefficient (Wildman–Crippen LogP) is 1.45. The van der Waals surface area contributed by atoms with Gasteiger partial charge in [-0.25, -0.2) is 17.9 Å². The van der Waals surface area contributed by atoms with Crippen LogP contribution in [0.1, 0.15) is 20.8 Å². The van der Waals surface area contributed by atoms with E-state index < -0.39 is 21.7 Å². The summed E-state index contributed by atoms with van der Waals surface area (Å²) in [6.07, 6.45) is -0.402. The van der Waals surface area contributed by atoms with Crippen molar-refractivity contribution >= 4 is 21.8 Å². The van der Waals surface area contributed by atoms with Crippen LogP contribution >= 0.6 is 0 Å². The second-order valence-electron chi connectivity index (χ2n) is 7.09. The Morgan fingerprint density at radius 1 is 1.07 bits per heavy atom. The molecule has 1 aromatic rings. The number of ether oxygens (including phenoxy) is 3. The first-order valence-corrected chi connectivity index (χ1v) is 10.4. The third-order valence-electron chi connectivity index (χ3n) is 3.38. The number of amides is 1. The van der Waals surface area contributed by atoms with Gasteiger partial charge in [0.2, 0.25) is 10.0 Å². The number of nitrogens with zero attached hydrogens (tertiary/aromatic N) is 1. The molecule has 9 nitrogen and oxygen atoms in total. The SMILES string of the molecule is CN(CCOCCOCCNS(=O)(=O)c1ccc(N)cc1)C(=O)OC(C)(C)C. The van der Waals surface area contributed by atoms with Crippen LogP contribution in [0.25, 0.3) is 0 Å². The van der Waals surface area contributed by atoms with Crippen LogP contribution < -0.4 is 10.5 Å². The van der Waals surface area contributed by atoms with Gasteiger partial charge in [0.1, 0.15) is 5.60 Å². The lowest BCUT2D eigenvalue weighted by Gasteiger charge is -2.24. The largest absolute Gasteiger partial charge is 0.444 e. The van der Waals surface area contributed by atoms with Crippen LogP contribution in [0.2, 0.25) is 0 Å². The summed E-state index contributed by atoms with van der Waals surface area (Å²) in [6.45, 7) is 7.20. The topological polar surface area (TPSA) is 120 Å². The number of hydrogen-bond acceptors (Lipinski definition) is 7. The summed E-state index contributed by atoms with van der Waals surface area (Å²) in [7, 11) is -1.94. The Bertz CT molecular complexity index is 701. The van der Waals surface area contributed by atoms with Crippen molar-refractivity contribution in [2.45, 2.75) is 31.3 Å². The first-order chi connectivity index (χ1) is 13.0. The number of carbonyl (C=O) groups is 1. The van der Waals surface area contributed by atoms with Gasteiger partial charge in [-0.05, 0) is 45.0 Å². The van der Waals surface area contributed by atoms with Gasteiger partial charge >= 0.3 is 6.09 Å². The number of nitrogens with two attached hydrogens (primary N) is 1. The monoisotopic (exact) mass is 417 g/mol. The molecule has 0 fully saturated rings. The lowest BCUT2D eigenvalue weighted by atomic mass is 10.2. The van der Waals surface area contributed by atoms with E-state index >= 15 is 0 Å². The van der Waals surface area contributed by atoms with Gasteiger partial charge in [-0.1, -0.05) is 0 Å². The summed E-state index contributed by atoms with van der Waals surface area (Å²) < 4.78 is 42.5. The molecule has 0 aromatic heterocycles. The van der Waals surface area contributed by atoms with E-state index in [1.807, 2.05) is 20.8 Å². The van der Waals surface area contributed by atoms with E-state index in [2.05, 4.69) is 4.72 Å². The zero-order chi connectivity index (χ0) is 21.2. The molecular formula is C18H31N3O6S. The second-order valence-corrected chi connectivity index (χ2v) is 8.86. The zero-order valence-corrected chi connectivity index (χ0v) is 17.8. The van der Waals surface area contributed by atoms with Crippen LogP contribution in [-0.2, 0) is 24.2 Å². The summed E-state index contributed by atoms with van der Waals surface area (Å²) >= 11 is 0. The summed E-state index contributed by atoms with van der Waals surface area (Å²) in [5, 5.41) is 0. The van der Waals surface area contributed by atoms with Crippen LogP contribution in [0.5, 0.6) is 0 Å². The smallest absolute Gasteiger partial charge is 0.410 e. The fourth-order valence-corrected chi connectivity index (χ4v) is 2.95.